The minimum atomic E-state index is -3.99. The molecule has 5 heteroatoms. The second-order valence-electron chi connectivity index (χ2n) is 4.60. The van der Waals surface area contributed by atoms with Crippen LogP contribution in [-0.2, 0) is 18.8 Å². The molecule has 0 N–H and O–H groups in total. The standard InChI is InChI=1S/C18H18O4S/c19-23(20,21-15-7-13-17-9-3-1-4-10-17)22-16-8-14-18-11-5-2-6-12-18/h1-14H,15-16H2/b13-7+,14-8+. The van der Waals surface area contributed by atoms with Crippen LogP contribution in [0.15, 0.2) is 72.8 Å². The SMILES string of the molecule is O=S(=O)(OC/C=C/c1ccccc1)OC/C=C/c1ccccc1. The summed E-state index contributed by atoms with van der Waals surface area (Å²) >= 11 is 0. The van der Waals surface area contributed by atoms with Crippen molar-refractivity contribution in [3.05, 3.63) is 83.9 Å². The third-order valence-electron chi connectivity index (χ3n) is 2.84. The van der Waals surface area contributed by atoms with Gasteiger partial charge in [0.1, 0.15) is 0 Å². The summed E-state index contributed by atoms with van der Waals surface area (Å²) < 4.78 is 32.5. The summed E-state index contributed by atoms with van der Waals surface area (Å²) in [5, 5.41) is 0. The fraction of sp³-hybridized carbons (Fsp3) is 0.111. The fourth-order valence-corrected chi connectivity index (χ4v) is 2.33. The Hall–Kier alpha value is -2.21. The first-order chi connectivity index (χ1) is 11.2. The zero-order chi connectivity index (χ0) is 16.4. The summed E-state index contributed by atoms with van der Waals surface area (Å²) in [5.74, 6) is 0. The smallest absolute Gasteiger partial charge is 0.244 e. The average Bonchev–Trinajstić information content (AvgIpc) is 2.58. The summed E-state index contributed by atoms with van der Waals surface area (Å²) in [6, 6.07) is 19.1. The Morgan fingerprint density at radius 1 is 0.696 bits per heavy atom. The van der Waals surface area contributed by atoms with E-state index < -0.39 is 10.4 Å². The molecule has 0 unspecified atom stereocenters. The van der Waals surface area contributed by atoms with Gasteiger partial charge in [-0.05, 0) is 11.1 Å². The van der Waals surface area contributed by atoms with E-state index in [2.05, 4.69) is 0 Å². The highest BCUT2D eigenvalue weighted by Crippen LogP contribution is 2.04. The Balaban J connectivity index is 1.72. The molecule has 0 atom stereocenters. The molecule has 0 aromatic heterocycles. The number of hydrogen-bond donors (Lipinski definition) is 0. The highest BCUT2D eigenvalue weighted by molar-refractivity contribution is 7.81. The summed E-state index contributed by atoms with van der Waals surface area (Å²) in [4.78, 5) is 0. The van der Waals surface area contributed by atoms with Crippen LogP contribution in [0, 0.1) is 0 Å². The average molecular weight is 330 g/mol. The van der Waals surface area contributed by atoms with Crippen LogP contribution in [0.5, 0.6) is 0 Å². The summed E-state index contributed by atoms with van der Waals surface area (Å²) in [6.45, 7) is -0.140. The van der Waals surface area contributed by atoms with Crippen molar-refractivity contribution in [1.82, 2.24) is 0 Å². The van der Waals surface area contributed by atoms with Gasteiger partial charge >= 0.3 is 10.4 Å². The third-order valence-corrected chi connectivity index (χ3v) is 3.69. The molecule has 0 aliphatic carbocycles. The Bertz CT molecular complexity index is 676. The summed E-state index contributed by atoms with van der Waals surface area (Å²) in [5.41, 5.74) is 1.94. The molecule has 0 heterocycles. The Labute approximate surface area is 137 Å². The lowest BCUT2D eigenvalue weighted by Gasteiger charge is -2.01. The third kappa shape index (κ3) is 7.06. The molecule has 0 spiro atoms. The first kappa shape index (κ1) is 17.1. The van der Waals surface area contributed by atoms with Crippen LogP contribution in [0.3, 0.4) is 0 Å². The fourth-order valence-electron chi connectivity index (χ4n) is 1.78. The second-order valence-corrected chi connectivity index (χ2v) is 5.89. The molecule has 0 saturated heterocycles. The van der Waals surface area contributed by atoms with Gasteiger partial charge in [-0.25, -0.2) is 8.37 Å². The van der Waals surface area contributed by atoms with Crippen molar-refractivity contribution in [3.63, 3.8) is 0 Å². The normalized spacial score (nSPS) is 12.2. The zero-order valence-corrected chi connectivity index (χ0v) is 13.4. The lowest BCUT2D eigenvalue weighted by atomic mass is 10.2. The first-order valence-electron chi connectivity index (χ1n) is 7.13. The molecule has 0 saturated carbocycles. The van der Waals surface area contributed by atoms with Gasteiger partial charge in [-0.15, -0.1) is 0 Å². The quantitative estimate of drug-likeness (QED) is 0.741. The lowest BCUT2D eigenvalue weighted by Crippen LogP contribution is -2.10. The summed E-state index contributed by atoms with van der Waals surface area (Å²) in [7, 11) is -3.99. The molecule has 120 valence electrons. The largest absolute Gasteiger partial charge is 0.400 e. The van der Waals surface area contributed by atoms with E-state index in [9.17, 15) is 8.42 Å². The molecule has 2 aromatic rings. The van der Waals surface area contributed by atoms with Crippen molar-refractivity contribution in [2.75, 3.05) is 13.2 Å². The lowest BCUT2D eigenvalue weighted by molar-refractivity contribution is 0.248. The molecular weight excluding hydrogens is 312 g/mol. The topological polar surface area (TPSA) is 52.6 Å². The van der Waals surface area contributed by atoms with E-state index in [0.29, 0.717) is 0 Å². The van der Waals surface area contributed by atoms with Gasteiger partial charge in [0.25, 0.3) is 0 Å². The molecule has 4 nitrogen and oxygen atoms in total. The molecule has 0 radical (unpaired) electrons. The highest BCUT2D eigenvalue weighted by atomic mass is 32.3. The van der Waals surface area contributed by atoms with Crippen molar-refractivity contribution in [3.8, 4) is 0 Å². The monoisotopic (exact) mass is 330 g/mol. The molecule has 0 bridgehead atoms. The molecule has 0 fully saturated rings. The van der Waals surface area contributed by atoms with Gasteiger partial charge in [0.15, 0.2) is 0 Å². The van der Waals surface area contributed by atoms with E-state index >= 15 is 0 Å². The van der Waals surface area contributed by atoms with E-state index in [1.807, 2.05) is 60.7 Å². The molecule has 0 amide bonds. The second kappa shape index (κ2) is 9.05. The predicted octanol–water partition coefficient (Wildman–Crippen LogP) is 3.69. The number of rotatable bonds is 8. The van der Waals surface area contributed by atoms with Crippen molar-refractivity contribution >= 4 is 22.6 Å². The van der Waals surface area contributed by atoms with Gasteiger partial charge in [-0.2, -0.15) is 8.42 Å². The molecule has 0 aliphatic heterocycles. The van der Waals surface area contributed by atoms with Crippen molar-refractivity contribution < 1.29 is 16.8 Å². The van der Waals surface area contributed by atoms with Crippen molar-refractivity contribution in [1.29, 1.82) is 0 Å². The Morgan fingerprint density at radius 3 is 1.48 bits per heavy atom. The van der Waals surface area contributed by atoms with Gasteiger partial charge in [0, 0.05) is 0 Å². The van der Waals surface area contributed by atoms with Crippen molar-refractivity contribution in [2.45, 2.75) is 0 Å². The highest BCUT2D eigenvalue weighted by Gasteiger charge is 2.09. The van der Waals surface area contributed by atoms with Crippen LogP contribution in [-0.4, -0.2) is 21.6 Å². The maximum Gasteiger partial charge on any atom is 0.400 e. The van der Waals surface area contributed by atoms with Gasteiger partial charge in [-0.1, -0.05) is 85.0 Å². The maximum absolute atomic E-state index is 11.5. The summed E-state index contributed by atoms with van der Waals surface area (Å²) in [6.07, 6.45) is 6.81. The van der Waals surface area contributed by atoms with E-state index in [1.54, 1.807) is 24.3 Å². The van der Waals surface area contributed by atoms with Gasteiger partial charge in [-0.3, -0.25) is 0 Å². The van der Waals surface area contributed by atoms with Crippen LogP contribution < -0.4 is 0 Å². The van der Waals surface area contributed by atoms with Gasteiger partial charge in [0.2, 0.25) is 0 Å². The van der Waals surface area contributed by atoms with E-state index in [1.165, 1.54) is 0 Å². The molecule has 2 rings (SSSR count). The zero-order valence-electron chi connectivity index (χ0n) is 12.5. The Kier molecular flexibility index (Phi) is 6.75. The predicted molar refractivity (Wildman–Crippen MR) is 91.8 cm³/mol. The first-order valence-corrected chi connectivity index (χ1v) is 8.46. The molecule has 2 aromatic carbocycles. The maximum atomic E-state index is 11.5. The molecular formula is C18H18O4S. The van der Waals surface area contributed by atoms with Crippen LogP contribution in [0.25, 0.3) is 12.2 Å². The van der Waals surface area contributed by atoms with Crippen LogP contribution in [0.2, 0.25) is 0 Å². The minimum absolute atomic E-state index is 0.0698. The molecule has 23 heavy (non-hydrogen) atoms. The minimum Gasteiger partial charge on any atom is -0.244 e. The van der Waals surface area contributed by atoms with E-state index in [4.69, 9.17) is 8.37 Å². The van der Waals surface area contributed by atoms with Crippen LogP contribution in [0.1, 0.15) is 11.1 Å². The van der Waals surface area contributed by atoms with Gasteiger partial charge in [0.05, 0.1) is 13.2 Å². The Morgan fingerprint density at radius 2 is 1.09 bits per heavy atom. The van der Waals surface area contributed by atoms with Crippen molar-refractivity contribution in [2.24, 2.45) is 0 Å². The molecule has 0 aliphatic rings. The van der Waals surface area contributed by atoms with Crippen LogP contribution in [0.4, 0.5) is 0 Å². The van der Waals surface area contributed by atoms with Crippen LogP contribution >= 0.6 is 0 Å². The number of hydrogen-bond acceptors (Lipinski definition) is 4. The van der Waals surface area contributed by atoms with E-state index in [0.717, 1.165) is 11.1 Å². The van der Waals surface area contributed by atoms with Gasteiger partial charge < -0.3 is 0 Å². The number of benzene rings is 2. The van der Waals surface area contributed by atoms with E-state index in [-0.39, 0.29) is 13.2 Å².